The van der Waals surface area contributed by atoms with Crippen LogP contribution in [0.4, 0.5) is 0 Å². The van der Waals surface area contributed by atoms with Crippen molar-refractivity contribution in [2.45, 2.75) is 0 Å². The average Bonchev–Trinajstić information content (AvgIpc) is 2.15. The van der Waals surface area contributed by atoms with Crippen LogP contribution in [0.5, 0.6) is 0 Å². The lowest BCUT2D eigenvalue weighted by molar-refractivity contribution is -0.115. The molecule has 3 heteroatoms. The summed E-state index contributed by atoms with van der Waals surface area (Å²) in [4.78, 5) is 12.8. The molecular weight excluding hydrogens is 176 g/mol. The maximum atomic E-state index is 11.1. The highest BCUT2D eigenvalue weighted by Gasteiger charge is 2.06. The van der Waals surface area contributed by atoms with Crippen LogP contribution in [0, 0.1) is 0 Å². The molecule has 2 N–H and O–H groups in total. The molecule has 1 amide bonds. The maximum absolute atomic E-state index is 11.1. The third-order valence-corrected chi connectivity index (χ3v) is 1.84. The summed E-state index contributed by atoms with van der Waals surface area (Å²) in [6.45, 7) is 0. The van der Waals surface area contributed by atoms with Crippen LogP contribution in [-0.4, -0.2) is 24.9 Å². The minimum atomic E-state index is -0.418. The number of nitrogens with two attached hydrogens (primary N) is 1. The van der Waals surface area contributed by atoms with Crippen LogP contribution < -0.4 is 5.73 Å². The number of carbonyl (C=O) groups is 1. The van der Waals surface area contributed by atoms with Gasteiger partial charge in [0, 0.05) is 14.1 Å². The van der Waals surface area contributed by atoms with Crippen molar-refractivity contribution in [1.82, 2.24) is 4.90 Å². The largest absolute Gasteiger partial charge is 0.373 e. The zero-order chi connectivity index (χ0) is 10.6. The summed E-state index contributed by atoms with van der Waals surface area (Å²) in [5.74, 6) is -0.418. The molecule has 1 aromatic rings. The Morgan fingerprint density at radius 3 is 2.29 bits per heavy atom. The van der Waals surface area contributed by atoms with Gasteiger partial charge in [-0.05, 0) is 11.6 Å². The highest BCUT2D eigenvalue weighted by atomic mass is 16.1. The van der Waals surface area contributed by atoms with Crippen LogP contribution in [-0.2, 0) is 4.79 Å². The quantitative estimate of drug-likeness (QED) is 0.725. The Morgan fingerprint density at radius 2 is 1.86 bits per heavy atom. The highest BCUT2D eigenvalue weighted by Crippen LogP contribution is 2.07. The van der Waals surface area contributed by atoms with Gasteiger partial charge in [-0.25, -0.2) is 0 Å². The number of amides is 1. The summed E-state index contributed by atoms with van der Waals surface area (Å²) in [6, 6.07) is 9.61. The second kappa shape index (κ2) is 4.46. The third kappa shape index (κ3) is 2.62. The van der Waals surface area contributed by atoms with Gasteiger partial charge in [-0.1, -0.05) is 30.3 Å². The lowest BCUT2D eigenvalue weighted by Gasteiger charge is -2.13. The van der Waals surface area contributed by atoms with E-state index in [1.165, 1.54) is 0 Å². The predicted octanol–water partition coefficient (Wildman–Crippen LogP) is 1.07. The zero-order valence-corrected chi connectivity index (χ0v) is 8.40. The summed E-state index contributed by atoms with van der Waals surface area (Å²) >= 11 is 0. The fourth-order valence-electron chi connectivity index (χ4n) is 1.13. The first kappa shape index (κ1) is 10.3. The minimum Gasteiger partial charge on any atom is -0.373 e. The number of likely N-dealkylation sites (N-methyl/N-ethyl adjacent to an activating group) is 1. The number of rotatable bonds is 3. The van der Waals surface area contributed by atoms with Crippen LogP contribution in [0.15, 0.2) is 36.0 Å². The molecule has 0 radical (unpaired) electrons. The normalized spacial score (nSPS) is 11.1. The van der Waals surface area contributed by atoms with Crippen molar-refractivity contribution < 1.29 is 4.79 Å². The van der Waals surface area contributed by atoms with Crippen LogP contribution in [0.3, 0.4) is 0 Å². The lowest BCUT2D eigenvalue weighted by Crippen LogP contribution is -2.25. The van der Waals surface area contributed by atoms with E-state index in [2.05, 4.69) is 0 Å². The van der Waals surface area contributed by atoms with E-state index in [1.807, 2.05) is 30.3 Å². The number of nitrogens with zero attached hydrogens (tertiary/aromatic N) is 1. The van der Waals surface area contributed by atoms with Gasteiger partial charge in [-0.3, -0.25) is 4.79 Å². The molecule has 0 atom stereocenters. The number of benzene rings is 1. The van der Waals surface area contributed by atoms with Gasteiger partial charge < -0.3 is 10.6 Å². The van der Waals surface area contributed by atoms with Gasteiger partial charge >= 0.3 is 0 Å². The maximum Gasteiger partial charge on any atom is 0.264 e. The van der Waals surface area contributed by atoms with Crippen molar-refractivity contribution in [3.05, 3.63) is 41.6 Å². The highest BCUT2D eigenvalue weighted by molar-refractivity contribution is 5.95. The number of primary amides is 1. The standard InChI is InChI=1S/C11H14N2O/c1-13(2)10(11(12)14)8-9-6-4-3-5-7-9/h3-8H,1-2H3,(H2,12,14). The molecule has 0 unspecified atom stereocenters. The Morgan fingerprint density at radius 1 is 1.29 bits per heavy atom. The van der Waals surface area contributed by atoms with Gasteiger partial charge in [0.1, 0.15) is 5.70 Å². The summed E-state index contributed by atoms with van der Waals surface area (Å²) < 4.78 is 0. The molecule has 0 bridgehead atoms. The predicted molar refractivity (Wildman–Crippen MR) is 57.3 cm³/mol. The number of hydrogen-bond acceptors (Lipinski definition) is 2. The molecule has 3 nitrogen and oxygen atoms in total. The van der Waals surface area contributed by atoms with Crippen LogP contribution in [0.25, 0.3) is 6.08 Å². The van der Waals surface area contributed by atoms with Gasteiger partial charge in [0.05, 0.1) is 0 Å². The Kier molecular flexibility index (Phi) is 3.29. The van der Waals surface area contributed by atoms with Crippen molar-refractivity contribution in [3.8, 4) is 0 Å². The third-order valence-electron chi connectivity index (χ3n) is 1.84. The molecule has 0 heterocycles. The van der Waals surface area contributed by atoms with Crippen molar-refractivity contribution >= 4 is 12.0 Å². The van der Waals surface area contributed by atoms with Gasteiger partial charge in [-0.15, -0.1) is 0 Å². The van der Waals surface area contributed by atoms with E-state index in [4.69, 9.17) is 5.73 Å². The summed E-state index contributed by atoms with van der Waals surface area (Å²) in [7, 11) is 3.58. The van der Waals surface area contributed by atoms with Gasteiger partial charge in [-0.2, -0.15) is 0 Å². The summed E-state index contributed by atoms with van der Waals surface area (Å²) in [6.07, 6.45) is 1.77. The Labute approximate surface area is 83.8 Å². The monoisotopic (exact) mass is 190 g/mol. The Balaban J connectivity index is 3.00. The van der Waals surface area contributed by atoms with Gasteiger partial charge in [0.15, 0.2) is 0 Å². The van der Waals surface area contributed by atoms with E-state index in [0.29, 0.717) is 5.70 Å². The lowest BCUT2D eigenvalue weighted by atomic mass is 10.2. The first-order valence-electron chi connectivity index (χ1n) is 4.35. The van der Waals surface area contributed by atoms with E-state index >= 15 is 0 Å². The molecule has 0 aliphatic rings. The molecule has 1 rings (SSSR count). The van der Waals surface area contributed by atoms with Crippen molar-refractivity contribution in [2.75, 3.05) is 14.1 Å². The zero-order valence-electron chi connectivity index (χ0n) is 8.40. The molecule has 0 saturated carbocycles. The molecule has 0 saturated heterocycles. The summed E-state index contributed by atoms with van der Waals surface area (Å²) in [5.41, 5.74) is 6.70. The minimum absolute atomic E-state index is 0.418. The molecule has 0 aromatic heterocycles. The van der Waals surface area contributed by atoms with Gasteiger partial charge in [0.25, 0.3) is 5.91 Å². The van der Waals surface area contributed by atoms with E-state index in [-0.39, 0.29) is 0 Å². The second-order valence-electron chi connectivity index (χ2n) is 3.20. The fourth-order valence-corrected chi connectivity index (χ4v) is 1.13. The van der Waals surface area contributed by atoms with Crippen LogP contribution >= 0.6 is 0 Å². The topological polar surface area (TPSA) is 46.3 Å². The van der Waals surface area contributed by atoms with E-state index in [9.17, 15) is 4.79 Å². The van der Waals surface area contributed by atoms with E-state index < -0.39 is 5.91 Å². The molecule has 0 fully saturated rings. The number of carbonyl (C=O) groups excluding carboxylic acids is 1. The fraction of sp³-hybridized carbons (Fsp3) is 0.182. The van der Waals surface area contributed by atoms with Crippen molar-refractivity contribution in [2.24, 2.45) is 5.73 Å². The smallest absolute Gasteiger partial charge is 0.264 e. The molecule has 0 spiro atoms. The van der Waals surface area contributed by atoms with E-state index in [0.717, 1.165) is 5.56 Å². The second-order valence-corrected chi connectivity index (χ2v) is 3.20. The molecule has 0 aliphatic carbocycles. The first-order valence-corrected chi connectivity index (χ1v) is 4.35. The Bertz CT molecular complexity index is 342. The van der Waals surface area contributed by atoms with Crippen molar-refractivity contribution in [3.63, 3.8) is 0 Å². The molecule has 14 heavy (non-hydrogen) atoms. The molecular formula is C11H14N2O. The molecule has 0 aliphatic heterocycles. The van der Waals surface area contributed by atoms with Crippen molar-refractivity contribution in [1.29, 1.82) is 0 Å². The number of hydrogen-bond donors (Lipinski definition) is 1. The summed E-state index contributed by atoms with van der Waals surface area (Å²) in [5, 5.41) is 0. The molecule has 74 valence electrons. The van der Waals surface area contributed by atoms with E-state index in [1.54, 1.807) is 25.1 Å². The Hall–Kier alpha value is -1.77. The van der Waals surface area contributed by atoms with Crippen LogP contribution in [0.1, 0.15) is 5.56 Å². The molecule has 1 aromatic carbocycles. The SMILES string of the molecule is CN(C)C(=Cc1ccccc1)C(N)=O. The average molecular weight is 190 g/mol. The van der Waals surface area contributed by atoms with Gasteiger partial charge in [0.2, 0.25) is 0 Å². The van der Waals surface area contributed by atoms with Crippen LogP contribution in [0.2, 0.25) is 0 Å². The first-order chi connectivity index (χ1) is 6.61.